The lowest BCUT2D eigenvalue weighted by Crippen LogP contribution is -2.34. The van der Waals surface area contributed by atoms with E-state index in [0.29, 0.717) is 0 Å². The van der Waals surface area contributed by atoms with Gasteiger partial charge in [-0.25, -0.2) is 12.8 Å². The minimum absolute atomic E-state index is 0.0103. The molecule has 0 aliphatic rings. The Morgan fingerprint density at radius 3 is 2.35 bits per heavy atom. The summed E-state index contributed by atoms with van der Waals surface area (Å²) in [5.74, 6) is -1.37. The first-order valence-electron chi connectivity index (χ1n) is 6.26. The Morgan fingerprint density at radius 1 is 1.35 bits per heavy atom. The van der Waals surface area contributed by atoms with Crippen molar-refractivity contribution in [3.05, 3.63) is 29.1 Å². The predicted octanol–water partition coefficient (Wildman–Crippen LogP) is 2.98. The number of carbonyl (C=O) groups is 1. The maximum absolute atomic E-state index is 13.7. The molecule has 112 valence electrons. The van der Waals surface area contributed by atoms with Crippen LogP contribution in [0.1, 0.15) is 42.6 Å². The van der Waals surface area contributed by atoms with Crippen LogP contribution >= 0.6 is 10.7 Å². The molecule has 1 rings (SSSR count). The highest BCUT2D eigenvalue weighted by atomic mass is 35.7. The van der Waals surface area contributed by atoms with Gasteiger partial charge >= 0.3 is 0 Å². The molecule has 1 aromatic rings. The van der Waals surface area contributed by atoms with Gasteiger partial charge in [-0.3, -0.25) is 4.79 Å². The summed E-state index contributed by atoms with van der Waals surface area (Å²) in [6.07, 6.45) is 1.51. The van der Waals surface area contributed by atoms with Gasteiger partial charge in [0.1, 0.15) is 10.7 Å². The van der Waals surface area contributed by atoms with Crippen LogP contribution in [-0.2, 0) is 9.05 Å². The second-order valence-corrected chi connectivity index (χ2v) is 7.06. The van der Waals surface area contributed by atoms with Crippen LogP contribution in [0.2, 0.25) is 0 Å². The van der Waals surface area contributed by atoms with Crippen molar-refractivity contribution in [2.45, 2.75) is 44.6 Å². The highest BCUT2D eigenvalue weighted by molar-refractivity contribution is 8.13. The van der Waals surface area contributed by atoms with E-state index < -0.39 is 25.7 Å². The number of rotatable bonds is 5. The Hall–Kier alpha value is -1.14. The van der Waals surface area contributed by atoms with Crippen LogP contribution < -0.4 is 5.32 Å². The fourth-order valence-electron chi connectivity index (χ4n) is 1.81. The van der Waals surface area contributed by atoms with E-state index in [1.807, 2.05) is 13.8 Å². The molecule has 0 saturated carbocycles. The van der Waals surface area contributed by atoms with Crippen molar-refractivity contribution in [1.82, 2.24) is 5.32 Å². The Kier molecular flexibility index (Phi) is 5.53. The van der Waals surface area contributed by atoms with E-state index in [0.717, 1.165) is 18.9 Å². The lowest BCUT2D eigenvalue weighted by atomic mass is 10.1. The summed E-state index contributed by atoms with van der Waals surface area (Å²) in [7, 11) is 0.939. The van der Waals surface area contributed by atoms with Gasteiger partial charge in [0.05, 0.1) is 0 Å². The fraction of sp³-hybridized carbons (Fsp3) is 0.462. The van der Waals surface area contributed by atoms with Crippen molar-refractivity contribution in [1.29, 1.82) is 0 Å². The van der Waals surface area contributed by atoms with Crippen molar-refractivity contribution in [2.75, 3.05) is 0 Å². The molecule has 0 fully saturated rings. The molecule has 0 aromatic heterocycles. The van der Waals surface area contributed by atoms with Gasteiger partial charge in [-0.1, -0.05) is 13.8 Å². The highest BCUT2D eigenvalue weighted by Gasteiger charge is 2.21. The first kappa shape index (κ1) is 16.9. The number of hydrogen-bond donors (Lipinski definition) is 1. The lowest BCUT2D eigenvalue weighted by molar-refractivity contribution is 0.0934. The van der Waals surface area contributed by atoms with Crippen LogP contribution in [0, 0.1) is 12.7 Å². The van der Waals surface area contributed by atoms with E-state index in [4.69, 9.17) is 10.7 Å². The van der Waals surface area contributed by atoms with Crippen LogP contribution in [0.5, 0.6) is 0 Å². The number of hydrogen-bond acceptors (Lipinski definition) is 3. The number of carbonyl (C=O) groups excluding carboxylic acids is 1. The second-order valence-electron chi connectivity index (χ2n) is 4.53. The van der Waals surface area contributed by atoms with Crippen molar-refractivity contribution in [3.63, 3.8) is 0 Å². The van der Waals surface area contributed by atoms with E-state index in [1.165, 1.54) is 13.0 Å². The van der Waals surface area contributed by atoms with Gasteiger partial charge in [0.25, 0.3) is 15.0 Å². The second kappa shape index (κ2) is 6.54. The molecule has 1 amide bonds. The molecule has 0 saturated heterocycles. The van der Waals surface area contributed by atoms with Gasteiger partial charge in [0.15, 0.2) is 0 Å². The molecule has 0 aliphatic carbocycles. The van der Waals surface area contributed by atoms with Gasteiger partial charge in [-0.15, -0.1) is 0 Å². The molecule has 20 heavy (non-hydrogen) atoms. The van der Waals surface area contributed by atoms with Gasteiger partial charge in [0.2, 0.25) is 0 Å². The Bertz CT molecular complexity index is 612. The Balaban J connectivity index is 3.21. The van der Waals surface area contributed by atoms with Gasteiger partial charge in [0, 0.05) is 22.3 Å². The molecular formula is C13H17ClFNO3S. The smallest absolute Gasteiger partial charge is 0.264 e. The number of amides is 1. The zero-order valence-corrected chi connectivity index (χ0v) is 13.1. The molecular weight excluding hydrogens is 305 g/mol. The SMILES string of the molecule is CCC(CC)NC(=O)c1cc(C)c(F)c(S(=O)(=O)Cl)c1. The van der Waals surface area contributed by atoms with E-state index in [9.17, 15) is 17.6 Å². The molecule has 0 aliphatic heterocycles. The third-order valence-electron chi connectivity index (χ3n) is 3.07. The summed E-state index contributed by atoms with van der Waals surface area (Å²) in [5.41, 5.74) is 0.136. The van der Waals surface area contributed by atoms with Crippen LogP contribution in [0.3, 0.4) is 0 Å². The van der Waals surface area contributed by atoms with Gasteiger partial charge in [-0.05, 0) is 37.5 Å². The van der Waals surface area contributed by atoms with Crippen LogP contribution in [0.4, 0.5) is 4.39 Å². The summed E-state index contributed by atoms with van der Waals surface area (Å²) in [4.78, 5) is 11.4. The van der Waals surface area contributed by atoms with E-state index in [2.05, 4.69) is 5.32 Å². The van der Waals surface area contributed by atoms with Gasteiger partial charge in [-0.2, -0.15) is 0 Å². The first-order valence-corrected chi connectivity index (χ1v) is 8.57. The highest BCUT2D eigenvalue weighted by Crippen LogP contribution is 2.23. The van der Waals surface area contributed by atoms with Crippen molar-refractivity contribution >= 4 is 25.6 Å². The predicted molar refractivity (Wildman–Crippen MR) is 76.0 cm³/mol. The number of aryl methyl sites for hydroxylation is 1. The topological polar surface area (TPSA) is 63.2 Å². The van der Waals surface area contributed by atoms with Crippen molar-refractivity contribution in [2.24, 2.45) is 0 Å². The summed E-state index contributed by atoms with van der Waals surface area (Å²) < 4.78 is 36.4. The zero-order chi connectivity index (χ0) is 15.5. The number of halogens is 2. The molecule has 7 heteroatoms. The average molecular weight is 322 g/mol. The first-order chi connectivity index (χ1) is 9.20. The van der Waals surface area contributed by atoms with Crippen LogP contribution in [0.25, 0.3) is 0 Å². The summed E-state index contributed by atoms with van der Waals surface area (Å²) in [6.45, 7) is 5.24. The quantitative estimate of drug-likeness (QED) is 0.848. The minimum atomic E-state index is -4.23. The van der Waals surface area contributed by atoms with Crippen molar-refractivity contribution < 1.29 is 17.6 Å². The molecule has 4 nitrogen and oxygen atoms in total. The average Bonchev–Trinajstić information content (AvgIpc) is 2.37. The van der Waals surface area contributed by atoms with E-state index in [1.54, 1.807) is 0 Å². The van der Waals surface area contributed by atoms with E-state index >= 15 is 0 Å². The van der Waals surface area contributed by atoms with Crippen LogP contribution in [0.15, 0.2) is 17.0 Å². The Labute approximate surface area is 122 Å². The lowest BCUT2D eigenvalue weighted by Gasteiger charge is -2.15. The number of benzene rings is 1. The normalized spacial score (nSPS) is 11.7. The van der Waals surface area contributed by atoms with Gasteiger partial charge < -0.3 is 5.32 Å². The monoisotopic (exact) mass is 321 g/mol. The number of nitrogens with one attached hydrogen (secondary N) is 1. The minimum Gasteiger partial charge on any atom is -0.349 e. The summed E-state index contributed by atoms with van der Waals surface area (Å²) >= 11 is 0. The molecule has 1 aromatic carbocycles. The third-order valence-corrected chi connectivity index (χ3v) is 4.39. The molecule has 0 spiro atoms. The molecule has 0 unspecified atom stereocenters. The maximum Gasteiger partial charge on any atom is 0.264 e. The summed E-state index contributed by atoms with van der Waals surface area (Å²) in [6, 6.07) is 2.25. The fourth-order valence-corrected chi connectivity index (χ4v) is 2.79. The Morgan fingerprint density at radius 2 is 1.90 bits per heavy atom. The molecule has 0 bridgehead atoms. The van der Waals surface area contributed by atoms with Crippen LogP contribution in [-0.4, -0.2) is 20.4 Å². The largest absolute Gasteiger partial charge is 0.349 e. The standard InChI is InChI=1S/C13H17ClFNO3S/c1-4-10(5-2)16-13(17)9-6-8(3)12(15)11(7-9)20(14,18)19/h6-7,10H,4-5H2,1-3H3,(H,16,17). The maximum atomic E-state index is 13.7. The molecule has 0 heterocycles. The third kappa shape index (κ3) is 3.93. The zero-order valence-electron chi connectivity index (χ0n) is 11.5. The van der Waals surface area contributed by atoms with Crippen molar-refractivity contribution in [3.8, 4) is 0 Å². The molecule has 1 N–H and O–H groups in total. The molecule has 0 radical (unpaired) electrons. The van der Waals surface area contributed by atoms with E-state index in [-0.39, 0.29) is 17.2 Å². The molecule has 0 atom stereocenters. The summed E-state index contributed by atoms with van der Waals surface area (Å²) in [5, 5.41) is 2.76.